The molecule has 0 aliphatic heterocycles. The number of benzene rings is 2. The van der Waals surface area contributed by atoms with E-state index in [4.69, 9.17) is 9.84 Å². The lowest BCUT2D eigenvalue weighted by molar-refractivity contribution is 0.229. The maximum atomic E-state index is 13.1. The summed E-state index contributed by atoms with van der Waals surface area (Å²) in [5.74, 6) is 0.335. The van der Waals surface area contributed by atoms with Gasteiger partial charge in [0.1, 0.15) is 18.2 Å². The molecular weight excluding hydrogens is 311 g/mol. The molecule has 0 aliphatic rings. The van der Waals surface area contributed by atoms with Gasteiger partial charge in [0.25, 0.3) is 0 Å². The Morgan fingerprint density at radius 1 is 1.29 bits per heavy atom. The normalized spacial score (nSPS) is 11.7. The summed E-state index contributed by atoms with van der Waals surface area (Å²) < 4.78 is 18.8. The zero-order valence-electron chi connectivity index (χ0n) is 13.7. The van der Waals surface area contributed by atoms with Crippen LogP contribution < -0.4 is 15.4 Å². The largest absolute Gasteiger partial charge is 0.489 e. The van der Waals surface area contributed by atoms with Crippen molar-refractivity contribution in [3.05, 3.63) is 59.4 Å². The van der Waals surface area contributed by atoms with Crippen LogP contribution in [0, 0.1) is 12.7 Å². The van der Waals surface area contributed by atoms with Gasteiger partial charge in [-0.2, -0.15) is 0 Å². The van der Waals surface area contributed by atoms with E-state index >= 15 is 0 Å². The van der Waals surface area contributed by atoms with Crippen LogP contribution >= 0.6 is 0 Å². The number of ether oxygens (including phenoxy) is 1. The molecule has 1 unspecified atom stereocenters. The fourth-order valence-corrected chi connectivity index (χ4v) is 2.09. The van der Waals surface area contributed by atoms with Crippen molar-refractivity contribution in [2.24, 2.45) is 0 Å². The van der Waals surface area contributed by atoms with Gasteiger partial charge in [0.2, 0.25) is 0 Å². The van der Waals surface area contributed by atoms with E-state index in [0.717, 1.165) is 11.1 Å². The molecule has 6 heteroatoms. The number of aliphatic hydroxyl groups is 1. The lowest BCUT2D eigenvalue weighted by atomic mass is 10.2. The lowest BCUT2D eigenvalue weighted by Gasteiger charge is -2.14. The Hall–Kier alpha value is -2.60. The predicted octanol–water partition coefficient (Wildman–Crippen LogP) is 3.22. The van der Waals surface area contributed by atoms with E-state index in [1.165, 1.54) is 12.1 Å². The van der Waals surface area contributed by atoms with Crippen LogP contribution in [0.25, 0.3) is 0 Å². The summed E-state index contributed by atoms with van der Waals surface area (Å²) in [6, 6.07) is 10.8. The molecule has 3 N–H and O–H groups in total. The number of aliphatic hydroxyl groups excluding tert-OH is 1. The number of nitrogens with one attached hydrogen (secondary N) is 2. The summed E-state index contributed by atoms with van der Waals surface area (Å²) in [6.45, 7) is 3.69. The minimum atomic E-state index is -0.381. The second-order valence-corrected chi connectivity index (χ2v) is 5.58. The fraction of sp³-hybridized carbons (Fsp3) is 0.278. The van der Waals surface area contributed by atoms with Crippen LogP contribution in [0.2, 0.25) is 0 Å². The summed E-state index contributed by atoms with van der Waals surface area (Å²) in [5, 5.41) is 14.3. The van der Waals surface area contributed by atoms with Gasteiger partial charge >= 0.3 is 6.03 Å². The van der Waals surface area contributed by atoms with Gasteiger partial charge in [-0.25, -0.2) is 9.18 Å². The topological polar surface area (TPSA) is 70.6 Å². The Balaban J connectivity index is 1.95. The molecule has 128 valence electrons. The number of hydrogen-bond acceptors (Lipinski definition) is 3. The molecule has 2 rings (SSSR count). The second-order valence-electron chi connectivity index (χ2n) is 5.58. The summed E-state index contributed by atoms with van der Waals surface area (Å²) in [4.78, 5) is 11.8. The Morgan fingerprint density at radius 2 is 2.08 bits per heavy atom. The summed E-state index contributed by atoms with van der Waals surface area (Å²) in [7, 11) is 0. The molecule has 0 radical (unpaired) electrons. The van der Waals surface area contributed by atoms with Crippen molar-refractivity contribution in [2.45, 2.75) is 26.5 Å². The van der Waals surface area contributed by atoms with E-state index in [-0.39, 0.29) is 31.1 Å². The first-order chi connectivity index (χ1) is 11.5. The number of hydrogen-bond donors (Lipinski definition) is 3. The lowest BCUT2D eigenvalue weighted by Crippen LogP contribution is -2.38. The van der Waals surface area contributed by atoms with E-state index in [1.807, 2.05) is 6.92 Å². The zero-order valence-corrected chi connectivity index (χ0v) is 13.7. The molecule has 0 heterocycles. The van der Waals surface area contributed by atoms with E-state index < -0.39 is 0 Å². The van der Waals surface area contributed by atoms with Crippen molar-refractivity contribution in [2.75, 3.05) is 11.9 Å². The Labute approximate surface area is 140 Å². The van der Waals surface area contributed by atoms with Gasteiger partial charge in [0, 0.05) is 5.69 Å². The number of anilines is 1. The molecule has 0 aliphatic carbocycles. The quantitative estimate of drug-likeness (QED) is 0.761. The molecule has 0 saturated carbocycles. The van der Waals surface area contributed by atoms with Crippen LogP contribution in [0.1, 0.15) is 18.1 Å². The second kappa shape index (κ2) is 8.31. The van der Waals surface area contributed by atoms with E-state index in [1.54, 1.807) is 37.3 Å². The summed E-state index contributed by atoms with van der Waals surface area (Å²) in [6.07, 6.45) is 0. The highest BCUT2D eigenvalue weighted by atomic mass is 19.1. The third kappa shape index (κ3) is 5.24. The smallest absolute Gasteiger partial charge is 0.319 e. The third-order valence-corrected chi connectivity index (χ3v) is 3.39. The summed E-state index contributed by atoms with van der Waals surface area (Å²) >= 11 is 0. The molecule has 24 heavy (non-hydrogen) atoms. The van der Waals surface area contributed by atoms with Crippen molar-refractivity contribution in [3.63, 3.8) is 0 Å². The van der Waals surface area contributed by atoms with Crippen molar-refractivity contribution in [3.8, 4) is 5.75 Å². The molecular formula is C18H21FN2O3. The van der Waals surface area contributed by atoms with E-state index in [9.17, 15) is 9.18 Å². The number of rotatable bonds is 6. The van der Waals surface area contributed by atoms with Gasteiger partial charge in [0.05, 0.1) is 12.6 Å². The van der Waals surface area contributed by atoms with Crippen LogP contribution in [0.5, 0.6) is 5.75 Å². The Kier molecular flexibility index (Phi) is 6.14. The van der Waals surface area contributed by atoms with Crippen molar-refractivity contribution < 1.29 is 19.0 Å². The van der Waals surface area contributed by atoms with Gasteiger partial charge in [-0.15, -0.1) is 0 Å². The Bertz CT molecular complexity index is 706. The first-order valence-electron chi connectivity index (χ1n) is 7.64. The average Bonchev–Trinajstić information content (AvgIpc) is 2.55. The maximum absolute atomic E-state index is 13.1. The third-order valence-electron chi connectivity index (χ3n) is 3.39. The molecule has 0 bridgehead atoms. The van der Waals surface area contributed by atoms with Crippen LogP contribution in [0.15, 0.2) is 42.5 Å². The minimum Gasteiger partial charge on any atom is -0.489 e. The zero-order chi connectivity index (χ0) is 17.5. The molecule has 0 aromatic heterocycles. The molecule has 2 amide bonds. The molecule has 0 saturated heterocycles. The number of carbonyl (C=O) groups excluding carboxylic acids is 1. The molecule has 1 atom stereocenters. The van der Waals surface area contributed by atoms with Crippen LogP contribution in [-0.2, 0) is 6.61 Å². The number of amides is 2. The maximum Gasteiger partial charge on any atom is 0.319 e. The molecule has 5 nitrogen and oxygen atoms in total. The molecule has 0 fully saturated rings. The first-order valence-corrected chi connectivity index (χ1v) is 7.64. The number of aryl methyl sites for hydroxylation is 1. The van der Waals surface area contributed by atoms with Crippen LogP contribution in [0.4, 0.5) is 14.9 Å². The van der Waals surface area contributed by atoms with Crippen molar-refractivity contribution in [1.82, 2.24) is 5.32 Å². The highest BCUT2D eigenvalue weighted by Gasteiger charge is 2.08. The predicted molar refractivity (Wildman–Crippen MR) is 90.6 cm³/mol. The highest BCUT2D eigenvalue weighted by molar-refractivity contribution is 5.90. The van der Waals surface area contributed by atoms with Gasteiger partial charge in [0.15, 0.2) is 0 Å². The van der Waals surface area contributed by atoms with Gasteiger partial charge in [-0.3, -0.25) is 0 Å². The summed E-state index contributed by atoms with van der Waals surface area (Å²) in [5.41, 5.74) is 2.22. The van der Waals surface area contributed by atoms with Crippen molar-refractivity contribution >= 4 is 11.7 Å². The molecule has 0 spiro atoms. The number of urea groups is 1. The number of halogens is 1. The fourth-order valence-electron chi connectivity index (χ4n) is 2.09. The van der Waals surface area contributed by atoms with E-state index in [2.05, 4.69) is 10.6 Å². The van der Waals surface area contributed by atoms with Crippen LogP contribution in [0.3, 0.4) is 0 Å². The highest BCUT2D eigenvalue weighted by Crippen LogP contribution is 2.22. The number of carbonyl (C=O) groups is 1. The van der Waals surface area contributed by atoms with E-state index in [0.29, 0.717) is 11.4 Å². The van der Waals surface area contributed by atoms with Gasteiger partial charge < -0.3 is 20.5 Å². The van der Waals surface area contributed by atoms with Crippen LogP contribution in [-0.4, -0.2) is 23.8 Å². The Morgan fingerprint density at radius 3 is 2.75 bits per heavy atom. The first kappa shape index (κ1) is 17.7. The standard InChI is InChI=1S/C18H21FN2O3/c1-12-8-16(24-11-14-4-3-5-15(19)9-14)6-7-17(12)21-18(23)20-13(2)10-22/h3-9,13,22H,10-11H2,1-2H3,(H2,20,21,23). The minimum absolute atomic E-state index is 0.126. The van der Waals surface area contributed by atoms with Gasteiger partial charge in [-0.05, 0) is 55.3 Å². The SMILES string of the molecule is Cc1cc(OCc2cccc(F)c2)ccc1NC(=O)NC(C)CO. The molecule has 2 aromatic rings. The van der Waals surface area contributed by atoms with Gasteiger partial charge in [-0.1, -0.05) is 12.1 Å². The van der Waals surface area contributed by atoms with Crippen molar-refractivity contribution in [1.29, 1.82) is 0 Å². The monoisotopic (exact) mass is 332 g/mol. The average molecular weight is 332 g/mol. The molecule has 2 aromatic carbocycles.